The van der Waals surface area contributed by atoms with Crippen LogP contribution in [0.15, 0.2) is 75.8 Å². The van der Waals surface area contributed by atoms with Gasteiger partial charge in [-0.1, -0.05) is 57.9 Å². The van der Waals surface area contributed by atoms with Gasteiger partial charge in [-0.25, -0.2) is 14.0 Å². The SMILES string of the molecule is CC(=Cc1ccccc1)CN1CCC(Cn2ncn(-c3ccc(Br)cc3)c2=O)CC1. The first-order valence-electron chi connectivity index (χ1n) is 10.4. The zero-order valence-corrected chi connectivity index (χ0v) is 18.8. The fraction of sp³-hybridized carbons (Fsp3) is 0.333. The first-order valence-corrected chi connectivity index (χ1v) is 11.2. The minimum Gasteiger partial charge on any atom is -0.299 e. The van der Waals surface area contributed by atoms with E-state index in [1.807, 2.05) is 30.3 Å². The molecule has 0 saturated carbocycles. The van der Waals surface area contributed by atoms with Crippen molar-refractivity contribution in [3.8, 4) is 5.69 Å². The lowest BCUT2D eigenvalue weighted by Crippen LogP contribution is -2.37. The molecule has 1 aliphatic heterocycles. The summed E-state index contributed by atoms with van der Waals surface area (Å²) >= 11 is 3.43. The van der Waals surface area contributed by atoms with Gasteiger partial charge >= 0.3 is 5.69 Å². The second-order valence-corrected chi connectivity index (χ2v) is 8.98. The maximum Gasteiger partial charge on any atom is 0.350 e. The Hall–Kier alpha value is -2.44. The maximum absolute atomic E-state index is 12.7. The molecule has 1 saturated heterocycles. The quantitative estimate of drug-likeness (QED) is 0.532. The van der Waals surface area contributed by atoms with E-state index in [0.29, 0.717) is 12.5 Å². The number of aromatic nitrogens is 3. The Bertz CT molecular complexity index is 1040. The molecule has 156 valence electrons. The van der Waals surface area contributed by atoms with Gasteiger partial charge in [0.25, 0.3) is 0 Å². The molecule has 0 atom stereocenters. The number of piperidine rings is 1. The molecule has 5 nitrogen and oxygen atoms in total. The van der Waals surface area contributed by atoms with Crippen molar-refractivity contribution in [1.82, 2.24) is 19.2 Å². The van der Waals surface area contributed by atoms with Gasteiger partial charge < -0.3 is 0 Å². The summed E-state index contributed by atoms with van der Waals surface area (Å²) in [6, 6.07) is 18.2. The average Bonchev–Trinajstić information content (AvgIpc) is 3.11. The van der Waals surface area contributed by atoms with Crippen LogP contribution in [0.3, 0.4) is 0 Å². The predicted molar refractivity (Wildman–Crippen MR) is 125 cm³/mol. The second-order valence-electron chi connectivity index (χ2n) is 8.06. The number of likely N-dealkylation sites (tertiary alicyclic amines) is 1. The van der Waals surface area contributed by atoms with Gasteiger partial charge in [-0.3, -0.25) is 4.90 Å². The first kappa shape index (κ1) is 20.8. The molecular formula is C24H27BrN4O. The fourth-order valence-electron chi connectivity index (χ4n) is 4.04. The van der Waals surface area contributed by atoms with Crippen LogP contribution in [-0.4, -0.2) is 38.9 Å². The normalized spacial score (nSPS) is 16.1. The van der Waals surface area contributed by atoms with Crippen LogP contribution in [0.1, 0.15) is 25.3 Å². The van der Waals surface area contributed by atoms with E-state index < -0.39 is 0 Å². The summed E-state index contributed by atoms with van der Waals surface area (Å²) in [4.78, 5) is 15.3. The zero-order chi connectivity index (χ0) is 20.9. The highest BCUT2D eigenvalue weighted by Gasteiger charge is 2.21. The Morgan fingerprint density at radius 2 is 1.80 bits per heavy atom. The van der Waals surface area contributed by atoms with Gasteiger partial charge in [-0.05, 0) is 68.6 Å². The van der Waals surface area contributed by atoms with Crippen molar-refractivity contribution in [1.29, 1.82) is 0 Å². The minimum atomic E-state index is -0.0682. The lowest BCUT2D eigenvalue weighted by molar-refractivity contribution is 0.181. The molecule has 0 bridgehead atoms. The molecule has 1 aromatic heterocycles. The summed E-state index contributed by atoms with van der Waals surface area (Å²) in [5.74, 6) is 0.491. The first-order chi connectivity index (χ1) is 14.6. The molecule has 2 aromatic carbocycles. The highest BCUT2D eigenvalue weighted by Crippen LogP contribution is 2.20. The number of rotatable bonds is 6. The van der Waals surface area contributed by atoms with E-state index in [2.05, 4.69) is 63.2 Å². The van der Waals surface area contributed by atoms with Crippen molar-refractivity contribution in [2.45, 2.75) is 26.3 Å². The van der Waals surface area contributed by atoms with Crippen molar-refractivity contribution < 1.29 is 0 Å². The van der Waals surface area contributed by atoms with E-state index in [1.165, 1.54) is 11.1 Å². The highest BCUT2D eigenvalue weighted by atomic mass is 79.9. The maximum atomic E-state index is 12.7. The molecule has 6 heteroatoms. The molecule has 3 aromatic rings. The molecule has 0 N–H and O–H groups in total. The Labute approximate surface area is 185 Å². The summed E-state index contributed by atoms with van der Waals surface area (Å²) in [6.45, 7) is 6.02. The van der Waals surface area contributed by atoms with Crippen LogP contribution in [0.5, 0.6) is 0 Å². The van der Waals surface area contributed by atoms with Crippen LogP contribution in [0.2, 0.25) is 0 Å². The summed E-state index contributed by atoms with van der Waals surface area (Å²) < 4.78 is 4.22. The molecule has 0 spiro atoms. The van der Waals surface area contributed by atoms with Gasteiger partial charge in [-0.2, -0.15) is 5.10 Å². The lowest BCUT2D eigenvalue weighted by Gasteiger charge is -2.31. The van der Waals surface area contributed by atoms with Gasteiger partial charge in [0.05, 0.1) is 5.69 Å². The van der Waals surface area contributed by atoms with Gasteiger partial charge in [0.2, 0.25) is 0 Å². The molecule has 30 heavy (non-hydrogen) atoms. The lowest BCUT2D eigenvalue weighted by atomic mass is 9.96. The molecule has 1 fully saturated rings. The average molecular weight is 467 g/mol. The van der Waals surface area contributed by atoms with Crippen molar-refractivity contribution in [2.24, 2.45) is 5.92 Å². The van der Waals surface area contributed by atoms with Gasteiger partial charge in [0.15, 0.2) is 0 Å². The third-order valence-corrected chi connectivity index (χ3v) is 6.19. The largest absolute Gasteiger partial charge is 0.350 e. The van der Waals surface area contributed by atoms with E-state index >= 15 is 0 Å². The number of hydrogen-bond acceptors (Lipinski definition) is 3. The molecule has 0 unspecified atom stereocenters. The molecule has 0 amide bonds. The van der Waals surface area contributed by atoms with Gasteiger partial charge in [0, 0.05) is 17.6 Å². The summed E-state index contributed by atoms with van der Waals surface area (Å²) in [6.07, 6.45) is 6.07. The summed E-state index contributed by atoms with van der Waals surface area (Å²) in [7, 11) is 0. The third-order valence-electron chi connectivity index (χ3n) is 5.66. The zero-order valence-electron chi connectivity index (χ0n) is 17.2. The Morgan fingerprint density at radius 3 is 2.50 bits per heavy atom. The Kier molecular flexibility index (Phi) is 6.65. The Morgan fingerprint density at radius 1 is 1.10 bits per heavy atom. The second kappa shape index (κ2) is 9.58. The number of halogens is 1. The van der Waals surface area contributed by atoms with E-state index in [9.17, 15) is 4.79 Å². The van der Waals surface area contributed by atoms with Crippen molar-refractivity contribution in [3.63, 3.8) is 0 Å². The van der Waals surface area contributed by atoms with Crippen molar-refractivity contribution >= 4 is 22.0 Å². The third kappa shape index (κ3) is 5.18. The fourth-order valence-corrected chi connectivity index (χ4v) is 4.31. The van der Waals surface area contributed by atoms with Crippen LogP contribution >= 0.6 is 15.9 Å². The van der Waals surface area contributed by atoms with Crippen molar-refractivity contribution in [3.05, 3.63) is 87.0 Å². The van der Waals surface area contributed by atoms with Crippen molar-refractivity contribution in [2.75, 3.05) is 19.6 Å². The number of nitrogens with zero attached hydrogens (tertiary/aromatic N) is 4. The number of benzene rings is 2. The standard InChI is InChI=1S/C24H27BrN4O/c1-19(15-20-5-3-2-4-6-20)16-27-13-11-21(12-14-27)17-29-24(30)28(18-26-29)23-9-7-22(25)8-10-23/h2-10,15,18,21H,11-14,16-17H2,1H3. The predicted octanol–water partition coefficient (Wildman–Crippen LogP) is 4.61. The van der Waals surface area contributed by atoms with Crippen LogP contribution in [-0.2, 0) is 6.54 Å². The molecule has 4 rings (SSSR count). The van der Waals surface area contributed by atoms with E-state index in [1.54, 1.807) is 15.6 Å². The highest BCUT2D eigenvalue weighted by molar-refractivity contribution is 9.10. The summed E-state index contributed by atoms with van der Waals surface area (Å²) in [5, 5.41) is 4.36. The molecule has 2 heterocycles. The monoisotopic (exact) mass is 466 g/mol. The molecule has 1 aliphatic rings. The van der Waals surface area contributed by atoms with E-state index in [-0.39, 0.29) is 5.69 Å². The van der Waals surface area contributed by atoms with Gasteiger partial charge in [0.1, 0.15) is 6.33 Å². The molecule has 0 aliphatic carbocycles. The van der Waals surface area contributed by atoms with E-state index in [0.717, 1.165) is 42.6 Å². The van der Waals surface area contributed by atoms with E-state index in [4.69, 9.17) is 0 Å². The smallest absolute Gasteiger partial charge is 0.299 e. The van der Waals surface area contributed by atoms with Crippen LogP contribution < -0.4 is 5.69 Å². The summed E-state index contributed by atoms with van der Waals surface area (Å²) in [5.41, 5.74) is 3.40. The van der Waals surface area contributed by atoms with Gasteiger partial charge in [-0.15, -0.1) is 0 Å². The van der Waals surface area contributed by atoms with Crippen LogP contribution in [0, 0.1) is 5.92 Å². The number of hydrogen-bond donors (Lipinski definition) is 0. The minimum absolute atomic E-state index is 0.0682. The molecular weight excluding hydrogens is 440 g/mol. The topological polar surface area (TPSA) is 43.1 Å². The molecule has 0 radical (unpaired) electrons. The Balaban J connectivity index is 1.31. The van der Waals surface area contributed by atoms with Crippen LogP contribution in [0.25, 0.3) is 11.8 Å². The van der Waals surface area contributed by atoms with Crippen LogP contribution in [0.4, 0.5) is 0 Å².